The maximum absolute atomic E-state index is 4.16. The SMILES string of the molecule is CN=C(NCC(C)SC)NC(C)(C)C. The van der Waals surface area contributed by atoms with Crippen LogP contribution in [0.15, 0.2) is 4.99 Å². The molecule has 14 heavy (non-hydrogen) atoms. The maximum Gasteiger partial charge on any atom is 0.191 e. The molecule has 0 aliphatic rings. The number of thioether (sulfide) groups is 1. The standard InChI is InChI=1S/C10H23N3S/c1-8(14-6)7-12-9(11-5)13-10(2,3)4/h8H,7H2,1-6H3,(H2,11,12,13). The normalized spacial score (nSPS) is 15.1. The molecule has 0 fully saturated rings. The van der Waals surface area contributed by atoms with Gasteiger partial charge in [-0.1, -0.05) is 6.92 Å². The smallest absolute Gasteiger partial charge is 0.191 e. The van der Waals surface area contributed by atoms with Crippen molar-refractivity contribution in [3.63, 3.8) is 0 Å². The van der Waals surface area contributed by atoms with Crippen LogP contribution in [0.25, 0.3) is 0 Å². The van der Waals surface area contributed by atoms with Crippen molar-refractivity contribution in [2.45, 2.75) is 38.5 Å². The van der Waals surface area contributed by atoms with Gasteiger partial charge < -0.3 is 10.6 Å². The average Bonchev–Trinajstić information content (AvgIpc) is 2.09. The summed E-state index contributed by atoms with van der Waals surface area (Å²) in [5, 5.41) is 7.21. The van der Waals surface area contributed by atoms with E-state index in [1.807, 2.05) is 11.8 Å². The van der Waals surface area contributed by atoms with Gasteiger partial charge in [0.1, 0.15) is 0 Å². The molecule has 0 aliphatic heterocycles. The summed E-state index contributed by atoms with van der Waals surface area (Å²) in [6, 6.07) is 0. The largest absolute Gasteiger partial charge is 0.355 e. The number of guanidine groups is 1. The van der Waals surface area contributed by atoms with Crippen molar-refractivity contribution in [3.05, 3.63) is 0 Å². The van der Waals surface area contributed by atoms with E-state index in [9.17, 15) is 0 Å². The van der Waals surface area contributed by atoms with Crippen molar-refractivity contribution in [1.29, 1.82) is 0 Å². The van der Waals surface area contributed by atoms with Gasteiger partial charge in [0, 0.05) is 24.4 Å². The molecule has 0 aromatic rings. The summed E-state index contributed by atoms with van der Waals surface area (Å²) in [7, 11) is 1.80. The Bertz CT molecular complexity index is 184. The molecule has 3 nitrogen and oxygen atoms in total. The van der Waals surface area contributed by atoms with Gasteiger partial charge in [-0.05, 0) is 27.0 Å². The Hall–Kier alpha value is -0.380. The molecule has 0 aliphatic carbocycles. The average molecular weight is 217 g/mol. The second kappa shape index (κ2) is 6.17. The van der Waals surface area contributed by atoms with Gasteiger partial charge in [-0.2, -0.15) is 11.8 Å². The van der Waals surface area contributed by atoms with Crippen LogP contribution in [-0.4, -0.2) is 36.6 Å². The summed E-state index contributed by atoms with van der Waals surface area (Å²) in [5.74, 6) is 0.874. The molecular formula is C10H23N3S. The van der Waals surface area contributed by atoms with Gasteiger partial charge in [0.25, 0.3) is 0 Å². The van der Waals surface area contributed by atoms with Gasteiger partial charge in [0.05, 0.1) is 0 Å². The van der Waals surface area contributed by atoms with Gasteiger partial charge >= 0.3 is 0 Å². The molecule has 1 unspecified atom stereocenters. The van der Waals surface area contributed by atoms with Crippen LogP contribution in [-0.2, 0) is 0 Å². The van der Waals surface area contributed by atoms with Gasteiger partial charge in [0.2, 0.25) is 0 Å². The molecule has 0 radical (unpaired) electrons. The first-order chi connectivity index (χ1) is 6.39. The minimum atomic E-state index is 0.0600. The zero-order valence-corrected chi connectivity index (χ0v) is 11.0. The molecule has 4 heteroatoms. The van der Waals surface area contributed by atoms with Gasteiger partial charge in [0.15, 0.2) is 5.96 Å². The first-order valence-corrected chi connectivity index (χ1v) is 6.19. The van der Waals surface area contributed by atoms with Crippen LogP contribution in [0.3, 0.4) is 0 Å². The van der Waals surface area contributed by atoms with Crippen LogP contribution < -0.4 is 10.6 Å². The lowest BCUT2D eigenvalue weighted by Gasteiger charge is -2.24. The molecule has 2 N–H and O–H groups in total. The summed E-state index contributed by atoms with van der Waals surface area (Å²) >= 11 is 1.85. The van der Waals surface area contributed by atoms with Crippen molar-refractivity contribution < 1.29 is 0 Å². The van der Waals surface area contributed by atoms with Crippen molar-refractivity contribution in [2.75, 3.05) is 19.8 Å². The summed E-state index contributed by atoms with van der Waals surface area (Å²) in [6.07, 6.45) is 2.12. The molecule has 0 heterocycles. The molecule has 0 bridgehead atoms. The highest BCUT2D eigenvalue weighted by atomic mass is 32.2. The third-order valence-electron chi connectivity index (χ3n) is 1.68. The number of nitrogens with one attached hydrogen (secondary N) is 2. The number of nitrogens with zero attached hydrogens (tertiary/aromatic N) is 1. The van der Waals surface area contributed by atoms with Crippen molar-refractivity contribution in [1.82, 2.24) is 10.6 Å². The summed E-state index contributed by atoms with van der Waals surface area (Å²) < 4.78 is 0. The third-order valence-corrected chi connectivity index (χ3v) is 2.65. The van der Waals surface area contributed by atoms with E-state index < -0.39 is 0 Å². The van der Waals surface area contributed by atoms with Crippen molar-refractivity contribution in [2.24, 2.45) is 4.99 Å². The molecule has 84 valence electrons. The fourth-order valence-corrected chi connectivity index (χ4v) is 1.11. The first-order valence-electron chi connectivity index (χ1n) is 4.90. The van der Waals surface area contributed by atoms with Crippen molar-refractivity contribution in [3.8, 4) is 0 Å². The topological polar surface area (TPSA) is 36.4 Å². The fourth-order valence-electron chi connectivity index (χ4n) is 0.858. The van der Waals surface area contributed by atoms with E-state index in [1.165, 1.54) is 0 Å². The van der Waals surface area contributed by atoms with Crippen LogP contribution in [0.2, 0.25) is 0 Å². The van der Waals surface area contributed by atoms with Crippen LogP contribution in [0.5, 0.6) is 0 Å². The number of aliphatic imine (C=N–C) groups is 1. The minimum Gasteiger partial charge on any atom is -0.355 e. The van der Waals surface area contributed by atoms with Crippen LogP contribution in [0.4, 0.5) is 0 Å². The molecule has 0 rings (SSSR count). The Labute approximate surface area is 92.1 Å². The highest BCUT2D eigenvalue weighted by Gasteiger charge is 2.11. The third kappa shape index (κ3) is 7.06. The maximum atomic E-state index is 4.16. The minimum absolute atomic E-state index is 0.0600. The second-order valence-corrected chi connectivity index (χ2v) is 5.65. The summed E-state index contributed by atoms with van der Waals surface area (Å²) in [4.78, 5) is 4.16. The number of hydrogen-bond acceptors (Lipinski definition) is 2. The fraction of sp³-hybridized carbons (Fsp3) is 0.900. The predicted molar refractivity (Wildman–Crippen MR) is 67.2 cm³/mol. The Morgan fingerprint density at radius 3 is 2.36 bits per heavy atom. The first kappa shape index (κ1) is 13.6. The molecular weight excluding hydrogens is 194 g/mol. The van der Waals surface area contributed by atoms with Crippen LogP contribution in [0, 0.1) is 0 Å². The molecule has 0 aromatic carbocycles. The van der Waals surface area contributed by atoms with E-state index in [2.05, 4.69) is 49.6 Å². The van der Waals surface area contributed by atoms with E-state index in [0.717, 1.165) is 12.5 Å². The van der Waals surface area contributed by atoms with Gasteiger partial charge in [-0.3, -0.25) is 4.99 Å². The van der Waals surface area contributed by atoms with Gasteiger partial charge in [-0.25, -0.2) is 0 Å². The lowest BCUT2D eigenvalue weighted by atomic mass is 10.1. The molecule has 0 amide bonds. The van der Waals surface area contributed by atoms with E-state index in [1.54, 1.807) is 7.05 Å². The molecule has 0 spiro atoms. The van der Waals surface area contributed by atoms with E-state index in [-0.39, 0.29) is 5.54 Å². The zero-order valence-electron chi connectivity index (χ0n) is 10.1. The number of hydrogen-bond donors (Lipinski definition) is 2. The Morgan fingerprint density at radius 1 is 1.43 bits per heavy atom. The lowest BCUT2D eigenvalue weighted by molar-refractivity contribution is 0.501. The summed E-state index contributed by atoms with van der Waals surface area (Å²) in [5.41, 5.74) is 0.0600. The zero-order chi connectivity index (χ0) is 11.2. The predicted octanol–water partition coefficient (Wildman–Crippen LogP) is 1.70. The highest BCUT2D eigenvalue weighted by Crippen LogP contribution is 2.03. The second-order valence-electron chi connectivity index (χ2n) is 4.37. The van der Waals surface area contributed by atoms with Crippen LogP contribution in [0.1, 0.15) is 27.7 Å². The monoisotopic (exact) mass is 217 g/mol. The Morgan fingerprint density at radius 2 is 2.00 bits per heavy atom. The quantitative estimate of drug-likeness (QED) is 0.558. The molecule has 0 saturated carbocycles. The molecule has 0 saturated heterocycles. The number of rotatable bonds is 3. The lowest BCUT2D eigenvalue weighted by Crippen LogP contribution is -2.48. The molecule has 0 aromatic heterocycles. The highest BCUT2D eigenvalue weighted by molar-refractivity contribution is 7.99. The molecule has 1 atom stereocenters. The van der Waals surface area contributed by atoms with Gasteiger partial charge in [-0.15, -0.1) is 0 Å². The Kier molecular flexibility index (Phi) is 6.00. The van der Waals surface area contributed by atoms with Crippen LogP contribution >= 0.6 is 11.8 Å². The van der Waals surface area contributed by atoms with E-state index >= 15 is 0 Å². The Balaban J connectivity index is 3.94. The van der Waals surface area contributed by atoms with E-state index in [4.69, 9.17) is 0 Å². The van der Waals surface area contributed by atoms with E-state index in [0.29, 0.717) is 5.25 Å². The summed E-state index contributed by atoms with van der Waals surface area (Å²) in [6.45, 7) is 9.51. The van der Waals surface area contributed by atoms with Crippen molar-refractivity contribution >= 4 is 17.7 Å².